The van der Waals surface area contributed by atoms with Crippen molar-refractivity contribution < 1.29 is 17.6 Å². The van der Waals surface area contributed by atoms with Gasteiger partial charge in [-0.3, -0.25) is 4.79 Å². The van der Waals surface area contributed by atoms with Crippen molar-refractivity contribution in [3.63, 3.8) is 0 Å². The first-order valence-corrected chi connectivity index (χ1v) is 8.58. The van der Waals surface area contributed by atoms with Crippen LogP contribution in [0.15, 0.2) is 46.9 Å². The predicted octanol–water partition coefficient (Wildman–Crippen LogP) is 2.45. The number of hydrogen-bond donors (Lipinski definition) is 1. The predicted molar refractivity (Wildman–Crippen MR) is 80.1 cm³/mol. The third kappa shape index (κ3) is 4.61. The molecule has 0 aliphatic carbocycles. The van der Waals surface area contributed by atoms with Crippen molar-refractivity contribution in [2.45, 2.75) is 6.04 Å². The third-order valence-corrected chi connectivity index (χ3v) is 3.92. The molecule has 0 saturated carbocycles. The maximum Gasteiger partial charge on any atom is 0.287 e. The lowest BCUT2D eigenvalue weighted by Crippen LogP contribution is -2.32. The van der Waals surface area contributed by atoms with Crippen LogP contribution in [0.4, 0.5) is 0 Å². The van der Waals surface area contributed by atoms with Crippen LogP contribution in [0.5, 0.6) is 0 Å². The van der Waals surface area contributed by atoms with Crippen LogP contribution in [0.1, 0.15) is 22.2 Å². The minimum atomic E-state index is -3.27. The van der Waals surface area contributed by atoms with Crippen LogP contribution < -0.4 is 5.32 Å². The van der Waals surface area contributed by atoms with E-state index >= 15 is 0 Å². The molecule has 0 aliphatic rings. The molecule has 1 amide bonds. The van der Waals surface area contributed by atoms with Crippen molar-refractivity contribution in [1.82, 2.24) is 5.32 Å². The number of amides is 1. The minimum absolute atomic E-state index is 0.0365. The minimum Gasteiger partial charge on any atom is -0.440 e. The average Bonchev–Trinajstić information content (AvgIpc) is 2.84. The normalized spacial score (nSPS) is 12.9. The lowest BCUT2D eigenvalue weighted by Gasteiger charge is -2.17. The van der Waals surface area contributed by atoms with E-state index in [1.807, 2.05) is 6.07 Å². The molecule has 2 aromatic rings. The van der Waals surface area contributed by atoms with Crippen LogP contribution in [-0.4, -0.2) is 26.3 Å². The Kier molecular flexibility index (Phi) is 4.69. The first-order chi connectivity index (χ1) is 9.85. The zero-order chi connectivity index (χ0) is 15.5. The molecule has 1 aromatic carbocycles. The van der Waals surface area contributed by atoms with Gasteiger partial charge in [-0.2, -0.15) is 0 Å². The first-order valence-electron chi connectivity index (χ1n) is 6.14. The van der Waals surface area contributed by atoms with Crippen molar-refractivity contribution in [1.29, 1.82) is 0 Å². The number of halogens is 1. The van der Waals surface area contributed by atoms with Gasteiger partial charge in [-0.05, 0) is 29.3 Å². The largest absolute Gasteiger partial charge is 0.440 e. The number of nitrogens with one attached hydrogen (secondary N) is 1. The highest BCUT2D eigenvalue weighted by atomic mass is 35.5. The van der Waals surface area contributed by atoms with Crippen LogP contribution >= 0.6 is 11.6 Å². The van der Waals surface area contributed by atoms with Gasteiger partial charge in [0.2, 0.25) is 0 Å². The Balaban J connectivity index is 2.22. The molecular weight excluding hydrogens is 314 g/mol. The molecule has 1 heterocycles. The molecule has 1 atom stereocenters. The van der Waals surface area contributed by atoms with E-state index in [1.165, 1.54) is 12.1 Å². The highest BCUT2D eigenvalue weighted by Crippen LogP contribution is 2.18. The number of carbonyl (C=O) groups is 1. The Bertz CT molecular complexity index is 724. The number of carbonyl (C=O) groups excluding carboxylic acids is 1. The van der Waals surface area contributed by atoms with Gasteiger partial charge in [0.05, 0.1) is 11.8 Å². The van der Waals surface area contributed by atoms with E-state index in [4.69, 9.17) is 16.0 Å². The van der Waals surface area contributed by atoms with Gasteiger partial charge in [-0.15, -0.1) is 0 Å². The summed E-state index contributed by atoms with van der Waals surface area (Å²) in [4.78, 5) is 12.1. The molecule has 0 spiro atoms. The van der Waals surface area contributed by atoms with Gasteiger partial charge in [0.25, 0.3) is 5.91 Å². The standard InChI is InChI=1S/C14H14ClNO4S/c1-21(18,19)9-11(10-5-3-2-4-6-10)16-14(17)12-7-8-13(15)20-12/h2-8,11H,9H2,1H3,(H,16,17)/t11-/m1/s1. The maximum absolute atomic E-state index is 12.1. The van der Waals surface area contributed by atoms with Gasteiger partial charge in [0.15, 0.2) is 11.0 Å². The molecule has 1 aromatic heterocycles. The lowest BCUT2D eigenvalue weighted by atomic mass is 10.1. The zero-order valence-electron chi connectivity index (χ0n) is 11.2. The molecule has 0 fully saturated rings. The number of furan rings is 1. The summed E-state index contributed by atoms with van der Waals surface area (Å²) in [5.41, 5.74) is 0.703. The Hall–Kier alpha value is -1.79. The Morgan fingerprint density at radius 3 is 2.43 bits per heavy atom. The van der Waals surface area contributed by atoms with E-state index in [0.29, 0.717) is 5.56 Å². The number of rotatable bonds is 5. The van der Waals surface area contributed by atoms with E-state index < -0.39 is 21.8 Å². The van der Waals surface area contributed by atoms with Crippen molar-refractivity contribution in [3.8, 4) is 0 Å². The molecule has 0 radical (unpaired) electrons. The monoisotopic (exact) mass is 327 g/mol. The van der Waals surface area contributed by atoms with E-state index in [-0.39, 0.29) is 16.7 Å². The maximum atomic E-state index is 12.1. The Morgan fingerprint density at radius 2 is 1.90 bits per heavy atom. The quantitative estimate of drug-likeness (QED) is 0.915. The smallest absolute Gasteiger partial charge is 0.287 e. The summed E-state index contributed by atoms with van der Waals surface area (Å²) in [6.07, 6.45) is 1.12. The lowest BCUT2D eigenvalue weighted by molar-refractivity contribution is 0.0912. The van der Waals surface area contributed by atoms with Crippen molar-refractivity contribution in [3.05, 3.63) is 59.0 Å². The molecule has 2 rings (SSSR count). The van der Waals surface area contributed by atoms with E-state index in [0.717, 1.165) is 6.26 Å². The van der Waals surface area contributed by atoms with Gasteiger partial charge >= 0.3 is 0 Å². The zero-order valence-corrected chi connectivity index (χ0v) is 12.8. The van der Waals surface area contributed by atoms with Crippen LogP contribution in [0.2, 0.25) is 5.22 Å². The van der Waals surface area contributed by atoms with Gasteiger partial charge in [0, 0.05) is 6.26 Å². The van der Waals surface area contributed by atoms with Crippen LogP contribution in [0.3, 0.4) is 0 Å². The fraction of sp³-hybridized carbons (Fsp3) is 0.214. The summed E-state index contributed by atoms with van der Waals surface area (Å²) in [6.45, 7) is 0. The summed E-state index contributed by atoms with van der Waals surface area (Å²) in [6, 6.07) is 11.1. The highest BCUT2D eigenvalue weighted by Gasteiger charge is 2.21. The Labute approximate surface area is 127 Å². The molecule has 0 bridgehead atoms. The van der Waals surface area contributed by atoms with Gasteiger partial charge < -0.3 is 9.73 Å². The summed E-state index contributed by atoms with van der Waals surface area (Å²) >= 11 is 5.62. The average molecular weight is 328 g/mol. The molecule has 1 N–H and O–H groups in total. The highest BCUT2D eigenvalue weighted by molar-refractivity contribution is 7.90. The molecule has 7 heteroatoms. The Morgan fingerprint density at radius 1 is 1.24 bits per heavy atom. The van der Waals surface area contributed by atoms with Gasteiger partial charge in [-0.25, -0.2) is 8.42 Å². The SMILES string of the molecule is CS(=O)(=O)C[C@@H](NC(=O)c1ccc(Cl)o1)c1ccccc1. The van der Waals surface area contributed by atoms with Crippen molar-refractivity contribution in [2.24, 2.45) is 0 Å². The second-order valence-corrected chi connectivity index (χ2v) is 7.19. The van der Waals surface area contributed by atoms with Crippen LogP contribution in [0, 0.1) is 0 Å². The van der Waals surface area contributed by atoms with Crippen LogP contribution in [-0.2, 0) is 9.84 Å². The van der Waals surface area contributed by atoms with E-state index in [1.54, 1.807) is 24.3 Å². The topological polar surface area (TPSA) is 76.4 Å². The summed E-state index contributed by atoms with van der Waals surface area (Å²) in [5.74, 6) is -0.675. The molecule has 112 valence electrons. The molecule has 0 aliphatic heterocycles. The van der Waals surface area contributed by atoms with E-state index in [9.17, 15) is 13.2 Å². The molecule has 21 heavy (non-hydrogen) atoms. The van der Waals surface area contributed by atoms with Crippen LogP contribution in [0.25, 0.3) is 0 Å². The molecule has 5 nitrogen and oxygen atoms in total. The molecule has 0 saturated heterocycles. The fourth-order valence-corrected chi connectivity index (χ4v) is 2.90. The molecular formula is C14H14ClNO4S. The van der Waals surface area contributed by atoms with Crippen molar-refractivity contribution in [2.75, 3.05) is 12.0 Å². The van der Waals surface area contributed by atoms with Gasteiger partial charge in [0.1, 0.15) is 9.84 Å². The summed E-state index contributed by atoms with van der Waals surface area (Å²) in [5, 5.41) is 2.75. The first kappa shape index (κ1) is 15.6. The summed E-state index contributed by atoms with van der Waals surface area (Å²) < 4.78 is 28.1. The second kappa shape index (κ2) is 6.32. The second-order valence-electron chi connectivity index (χ2n) is 4.63. The van der Waals surface area contributed by atoms with Crippen molar-refractivity contribution >= 4 is 27.3 Å². The number of benzene rings is 1. The van der Waals surface area contributed by atoms with Gasteiger partial charge in [-0.1, -0.05) is 30.3 Å². The molecule has 0 unspecified atom stereocenters. The third-order valence-electron chi connectivity index (χ3n) is 2.77. The van der Waals surface area contributed by atoms with E-state index in [2.05, 4.69) is 5.32 Å². The number of hydrogen-bond acceptors (Lipinski definition) is 4. The summed E-state index contributed by atoms with van der Waals surface area (Å²) in [7, 11) is -3.27. The fourth-order valence-electron chi connectivity index (χ4n) is 1.88. The number of sulfone groups is 1.